The van der Waals surface area contributed by atoms with Crippen molar-refractivity contribution < 1.29 is 14.4 Å². The van der Waals surface area contributed by atoms with Gasteiger partial charge in [0, 0.05) is 10.2 Å². The van der Waals surface area contributed by atoms with Crippen molar-refractivity contribution in [2.24, 2.45) is 35.5 Å². The minimum Gasteiger partial charge on any atom is -0.324 e. The summed E-state index contributed by atoms with van der Waals surface area (Å²) in [7, 11) is 0. The molecule has 1 saturated heterocycles. The lowest BCUT2D eigenvalue weighted by atomic mass is 9.63. The number of likely N-dealkylation sites (tertiary alicyclic amines) is 1. The van der Waals surface area contributed by atoms with Crippen LogP contribution in [0.5, 0.6) is 0 Å². The fourth-order valence-electron chi connectivity index (χ4n) is 5.26. The molecule has 1 aromatic carbocycles. The average molecular weight is 415 g/mol. The number of imide groups is 1. The molecule has 1 aromatic rings. The highest BCUT2D eigenvalue weighted by molar-refractivity contribution is 9.10. The van der Waals surface area contributed by atoms with E-state index in [1.165, 1.54) is 4.90 Å². The van der Waals surface area contributed by atoms with Crippen LogP contribution in [0.25, 0.3) is 0 Å². The maximum Gasteiger partial charge on any atom is 0.247 e. The van der Waals surface area contributed by atoms with Crippen LogP contribution in [0.1, 0.15) is 13.3 Å². The van der Waals surface area contributed by atoms with E-state index in [1.54, 1.807) is 19.1 Å². The zero-order valence-electron chi connectivity index (χ0n) is 14.3. The van der Waals surface area contributed by atoms with Crippen LogP contribution in [-0.2, 0) is 14.4 Å². The number of halogens is 1. The molecule has 0 radical (unpaired) electrons. The lowest BCUT2D eigenvalue weighted by Crippen LogP contribution is -2.46. The summed E-state index contributed by atoms with van der Waals surface area (Å²) in [5.41, 5.74) is 0.643. The maximum absolute atomic E-state index is 13.0. The van der Waals surface area contributed by atoms with Gasteiger partial charge in [-0.3, -0.25) is 19.3 Å². The lowest BCUT2D eigenvalue weighted by Gasteiger charge is -2.37. The minimum absolute atomic E-state index is 0.164. The summed E-state index contributed by atoms with van der Waals surface area (Å²) in [4.78, 5) is 39.9. The molecule has 5 aliphatic rings. The maximum atomic E-state index is 13.0. The average Bonchev–Trinajstić information content (AvgIpc) is 3.41. The molecule has 1 aliphatic heterocycles. The molecule has 1 N–H and O–H groups in total. The van der Waals surface area contributed by atoms with Crippen molar-refractivity contribution in [1.82, 2.24) is 4.90 Å². The molecule has 2 saturated carbocycles. The van der Waals surface area contributed by atoms with Gasteiger partial charge in [0.05, 0.1) is 11.8 Å². The van der Waals surface area contributed by atoms with Crippen molar-refractivity contribution in [2.45, 2.75) is 19.4 Å². The Balaban J connectivity index is 1.37. The topological polar surface area (TPSA) is 66.5 Å². The molecule has 6 heteroatoms. The van der Waals surface area contributed by atoms with Crippen LogP contribution in [0.4, 0.5) is 5.69 Å². The molecule has 5 nitrogen and oxygen atoms in total. The number of rotatable bonds is 3. The van der Waals surface area contributed by atoms with E-state index in [0.717, 1.165) is 10.9 Å². The molecular formula is C20H19BrN2O3. The number of hydrogen-bond acceptors (Lipinski definition) is 3. The van der Waals surface area contributed by atoms with Crippen molar-refractivity contribution >= 4 is 39.3 Å². The molecule has 7 atom stereocenters. The van der Waals surface area contributed by atoms with Crippen LogP contribution >= 0.6 is 15.9 Å². The van der Waals surface area contributed by atoms with Gasteiger partial charge in [0.25, 0.3) is 0 Å². The molecule has 7 unspecified atom stereocenters. The normalized spacial score (nSPS) is 37.4. The third kappa shape index (κ3) is 2.17. The Morgan fingerprint density at radius 3 is 2.15 bits per heavy atom. The Bertz CT molecular complexity index is 813. The molecule has 1 heterocycles. The molecule has 0 spiro atoms. The number of nitrogens with one attached hydrogen (secondary N) is 1. The standard InChI is InChI=1S/C20H19BrN2O3/c1-9(18(24)22-11-4-2-10(21)3-5-11)23-19(25)16-12-6-7-13(15-8-14(12)15)17(16)20(23)26/h2-7,9,12-17H,8H2,1H3,(H,22,24). The predicted octanol–water partition coefficient (Wildman–Crippen LogP) is 2.83. The van der Waals surface area contributed by atoms with Gasteiger partial charge in [-0.1, -0.05) is 28.1 Å². The summed E-state index contributed by atoms with van der Waals surface area (Å²) in [5, 5.41) is 2.80. The van der Waals surface area contributed by atoms with Gasteiger partial charge in [-0.15, -0.1) is 0 Å². The Kier molecular flexibility index (Phi) is 3.45. The van der Waals surface area contributed by atoms with Crippen LogP contribution in [-0.4, -0.2) is 28.7 Å². The number of hydrogen-bond donors (Lipinski definition) is 1. The summed E-state index contributed by atoms with van der Waals surface area (Å²) >= 11 is 3.35. The van der Waals surface area contributed by atoms with Crippen LogP contribution in [0.3, 0.4) is 0 Å². The summed E-state index contributed by atoms with van der Waals surface area (Å²) in [6, 6.07) is 6.41. The van der Waals surface area contributed by atoms with E-state index in [0.29, 0.717) is 17.5 Å². The highest BCUT2D eigenvalue weighted by Crippen LogP contribution is 2.65. The summed E-state index contributed by atoms with van der Waals surface area (Å²) < 4.78 is 0.916. The molecule has 4 aliphatic carbocycles. The first-order valence-electron chi connectivity index (χ1n) is 9.09. The molecule has 2 bridgehead atoms. The van der Waals surface area contributed by atoms with Crippen molar-refractivity contribution in [3.63, 3.8) is 0 Å². The van der Waals surface area contributed by atoms with Gasteiger partial charge in [0.15, 0.2) is 0 Å². The van der Waals surface area contributed by atoms with E-state index in [9.17, 15) is 14.4 Å². The third-order valence-corrected chi connectivity index (χ3v) is 7.10. The van der Waals surface area contributed by atoms with Crippen molar-refractivity contribution in [1.29, 1.82) is 0 Å². The Morgan fingerprint density at radius 2 is 1.62 bits per heavy atom. The van der Waals surface area contributed by atoms with E-state index in [1.807, 2.05) is 12.1 Å². The predicted molar refractivity (Wildman–Crippen MR) is 98.8 cm³/mol. The van der Waals surface area contributed by atoms with Crippen molar-refractivity contribution in [3.8, 4) is 0 Å². The van der Waals surface area contributed by atoms with Crippen LogP contribution in [0.2, 0.25) is 0 Å². The second-order valence-electron chi connectivity index (χ2n) is 7.87. The lowest BCUT2D eigenvalue weighted by molar-refractivity contribution is -0.146. The monoisotopic (exact) mass is 414 g/mol. The number of anilines is 1. The van der Waals surface area contributed by atoms with E-state index < -0.39 is 6.04 Å². The number of allylic oxidation sites excluding steroid dienone is 2. The summed E-state index contributed by atoms with van der Waals surface area (Å²) in [5.74, 6) is 0.305. The Hall–Kier alpha value is -1.95. The van der Waals surface area contributed by atoms with Gasteiger partial charge >= 0.3 is 0 Å². The number of amides is 3. The van der Waals surface area contributed by atoms with Crippen molar-refractivity contribution in [2.75, 3.05) is 5.32 Å². The van der Waals surface area contributed by atoms with Crippen LogP contribution in [0.15, 0.2) is 40.9 Å². The molecule has 134 valence electrons. The second kappa shape index (κ2) is 5.52. The Labute approximate surface area is 159 Å². The summed E-state index contributed by atoms with van der Waals surface area (Å²) in [6.07, 6.45) is 5.41. The number of carbonyl (C=O) groups excluding carboxylic acids is 3. The van der Waals surface area contributed by atoms with E-state index in [-0.39, 0.29) is 41.4 Å². The van der Waals surface area contributed by atoms with Gasteiger partial charge in [0.1, 0.15) is 6.04 Å². The molecule has 26 heavy (non-hydrogen) atoms. The zero-order valence-corrected chi connectivity index (χ0v) is 15.8. The third-order valence-electron chi connectivity index (χ3n) is 6.58. The SMILES string of the molecule is CC(C(=O)Nc1ccc(Br)cc1)N1C(=O)C2C3C=CC(C4CC34)C2C1=O. The molecule has 3 fully saturated rings. The fraction of sp³-hybridized carbons (Fsp3) is 0.450. The minimum atomic E-state index is -0.806. The highest BCUT2D eigenvalue weighted by Gasteiger charge is 2.67. The molecular weight excluding hydrogens is 396 g/mol. The van der Waals surface area contributed by atoms with Gasteiger partial charge in [0.2, 0.25) is 17.7 Å². The van der Waals surface area contributed by atoms with E-state index >= 15 is 0 Å². The highest BCUT2D eigenvalue weighted by atomic mass is 79.9. The van der Waals surface area contributed by atoms with Crippen LogP contribution in [0, 0.1) is 35.5 Å². The number of nitrogens with zero attached hydrogens (tertiary/aromatic N) is 1. The molecule has 0 aromatic heterocycles. The molecule has 3 amide bonds. The second-order valence-corrected chi connectivity index (χ2v) is 8.79. The van der Waals surface area contributed by atoms with Crippen LogP contribution < -0.4 is 5.32 Å². The first kappa shape index (κ1) is 16.2. The summed E-state index contributed by atoms with van der Waals surface area (Å²) in [6.45, 7) is 1.64. The quantitative estimate of drug-likeness (QED) is 0.610. The number of benzene rings is 1. The van der Waals surface area contributed by atoms with E-state index in [2.05, 4.69) is 33.4 Å². The number of carbonyl (C=O) groups is 3. The van der Waals surface area contributed by atoms with Gasteiger partial charge < -0.3 is 5.32 Å². The largest absolute Gasteiger partial charge is 0.324 e. The molecule has 6 rings (SSSR count). The van der Waals surface area contributed by atoms with E-state index in [4.69, 9.17) is 0 Å². The van der Waals surface area contributed by atoms with Gasteiger partial charge in [-0.2, -0.15) is 0 Å². The van der Waals surface area contributed by atoms with Crippen molar-refractivity contribution in [3.05, 3.63) is 40.9 Å². The zero-order chi connectivity index (χ0) is 18.2. The van der Waals surface area contributed by atoms with Gasteiger partial charge in [-0.05, 0) is 61.3 Å². The fourth-order valence-corrected chi connectivity index (χ4v) is 5.52. The first-order valence-corrected chi connectivity index (χ1v) is 9.88. The Morgan fingerprint density at radius 1 is 1.08 bits per heavy atom. The first-order chi connectivity index (χ1) is 12.5. The van der Waals surface area contributed by atoms with Gasteiger partial charge in [-0.25, -0.2) is 0 Å². The smallest absolute Gasteiger partial charge is 0.247 e.